The molecule has 0 aliphatic heterocycles. The van der Waals surface area contributed by atoms with Gasteiger partial charge in [0.15, 0.2) is 0 Å². The fraction of sp³-hybridized carbons (Fsp3) is 0.615. The van der Waals surface area contributed by atoms with Gasteiger partial charge in [-0.3, -0.25) is 4.98 Å². The Bertz CT molecular complexity index is 460. The molecular weight excluding hydrogens is 262 g/mol. The summed E-state index contributed by atoms with van der Waals surface area (Å²) in [6.45, 7) is 5.12. The molecule has 19 heavy (non-hydrogen) atoms. The predicted molar refractivity (Wildman–Crippen MR) is 77.2 cm³/mol. The standard InChI is InChI=1S/C13H23N3O2S/c1-12(2)14-9-6-10-19(17,18)16(3)11-13-7-4-5-8-15-13/h4-5,7-8,12,14H,6,9-11H2,1-3H3. The summed E-state index contributed by atoms with van der Waals surface area (Å²) in [5.74, 6) is 0.163. The van der Waals surface area contributed by atoms with Crippen molar-refractivity contribution in [1.29, 1.82) is 0 Å². The van der Waals surface area contributed by atoms with Gasteiger partial charge in [0.2, 0.25) is 10.0 Å². The SMILES string of the molecule is CC(C)NCCCS(=O)(=O)N(C)Cc1ccccn1. The van der Waals surface area contributed by atoms with Gasteiger partial charge in [-0.25, -0.2) is 8.42 Å². The number of hydrogen-bond donors (Lipinski definition) is 1. The van der Waals surface area contributed by atoms with Crippen molar-refractivity contribution in [1.82, 2.24) is 14.6 Å². The number of sulfonamides is 1. The van der Waals surface area contributed by atoms with Gasteiger partial charge in [0.05, 0.1) is 18.0 Å². The summed E-state index contributed by atoms with van der Waals surface area (Å²) < 4.78 is 25.5. The molecule has 6 heteroatoms. The first-order valence-corrected chi connectivity index (χ1v) is 8.10. The van der Waals surface area contributed by atoms with Crippen LogP contribution in [0.4, 0.5) is 0 Å². The average Bonchev–Trinajstić information content (AvgIpc) is 2.35. The molecule has 0 aromatic carbocycles. The van der Waals surface area contributed by atoms with E-state index in [4.69, 9.17) is 0 Å². The second kappa shape index (κ2) is 7.57. The van der Waals surface area contributed by atoms with Crippen molar-refractivity contribution in [2.75, 3.05) is 19.3 Å². The van der Waals surface area contributed by atoms with Gasteiger partial charge in [0.1, 0.15) is 0 Å². The van der Waals surface area contributed by atoms with E-state index in [0.29, 0.717) is 25.6 Å². The predicted octanol–water partition coefficient (Wildman–Crippen LogP) is 1.23. The second-order valence-electron chi connectivity index (χ2n) is 4.86. The van der Waals surface area contributed by atoms with E-state index in [1.54, 1.807) is 13.2 Å². The Morgan fingerprint density at radius 2 is 2.11 bits per heavy atom. The van der Waals surface area contributed by atoms with E-state index in [1.165, 1.54) is 4.31 Å². The van der Waals surface area contributed by atoms with Crippen molar-refractivity contribution >= 4 is 10.0 Å². The van der Waals surface area contributed by atoms with Crippen LogP contribution in [0.2, 0.25) is 0 Å². The molecule has 1 rings (SSSR count). The van der Waals surface area contributed by atoms with Crippen LogP contribution in [0.1, 0.15) is 26.0 Å². The molecule has 1 heterocycles. The summed E-state index contributed by atoms with van der Waals surface area (Å²) in [6, 6.07) is 5.88. The highest BCUT2D eigenvalue weighted by atomic mass is 32.2. The van der Waals surface area contributed by atoms with Crippen molar-refractivity contribution in [2.45, 2.75) is 32.9 Å². The zero-order valence-corrected chi connectivity index (χ0v) is 12.7. The van der Waals surface area contributed by atoms with Crippen molar-refractivity contribution in [3.63, 3.8) is 0 Å². The number of hydrogen-bond acceptors (Lipinski definition) is 4. The molecule has 0 fully saturated rings. The maximum Gasteiger partial charge on any atom is 0.214 e. The zero-order valence-electron chi connectivity index (χ0n) is 11.8. The Morgan fingerprint density at radius 3 is 2.68 bits per heavy atom. The van der Waals surface area contributed by atoms with E-state index in [1.807, 2.05) is 32.0 Å². The zero-order chi connectivity index (χ0) is 14.3. The van der Waals surface area contributed by atoms with Crippen LogP contribution in [0.25, 0.3) is 0 Å². The first-order chi connectivity index (χ1) is 8.92. The Labute approximate surface area is 116 Å². The molecule has 0 aliphatic carbocycles. The molecule has 0 radical (unpaired) electrons. The number of nitrogens with zero attached hydrogens (tertiary/aromatic N) is 2. The molecule has 1 aromatic rings. The van der Waals surface area contributed by atoms with Crippen molar-refractivity contribution in [3.8, 4) is 0 Å². The van der Waals surface area contributed by atoms with Crippen molar-refractivity contribution in [2.24, 2.45) is 0 Å². The Kier molecular flexibility index (Phi) is 6.41. The highest BCUT2D eigenvalue weighted by Crippen LogP contribution is 2.06. The van der Waals surface area contributed by atoms with Crippen LogP contribution in [0.3, 0.4) is 0 Å². The maximum absolute atomic E-state index is 12.0. The molecule has 0 saturated heterocycles. The molecule has 0 saturated carbocycles. The largest absolute Gasteiger partial charge is 0.314 e. The van der Waals surface area contributed by atoms with E-state index < -0.39 is 10.0 Å². The quantitative estimate of drug-likeness (QED) is 0.730. The highest BCUT2D eigenvalue weighted by Gasteiger charge is 2.17. The van der Waals surface area contributed by atoms with Gasteiger partial charge in [-0.1, -0.05) is 19.9 Å². The van der Waals surface area contributed by atoms with Gasteiger partial charge in [0.25, 0.3) is 0 Å². The molecule has 108 valence electrons. The lowest BCUT2D eigenvalue weighted by Crippen LogP contribution is -2.31. The van der Waals surface area contributed by atoms with Crippen LogP contribution in [0.15, 0.2) is 24.4 Å². The van der Waals surface area contributed by atoms with Crippen molar-refractivity contribution < 1.29 is 8.42 Å². The first-order valence-electron chi connectivity index (χ1n) is 6.49. The number of rotatable bonds is 8. The number of nitrogens with one attached hydrogen (secondary N) is 1. The van der Waals surface area contributed by atoms with E-state index in [-0.39, 0.29) is 5.75 Å². The van der Waals surface area contributed by atoms with Crippen LogP contribution in [0.5, 0.6) is 0 Å². The van der Waals surface area contributed by atoms with Gasteiger partial charge in [-0.15, -0.1) is 0 Å². The van der Waals surface area contributed by atoms with Crippen LogP contribution < -0.4 is 5.32 Å². The van der Waals surface area contributed by atoms with E-state index in [2.05, 4.69) is 10.3 Å². The third kappa shape index (κ3) is 6.13. The Morgan fingerprint density at radius 1 is 1.37 bits per heavy atom. The Hall–Kier alpha value is -0.980. The normalized spacial score (nSPS) is 12.3. The summed E-state index contributed by atoms with van der Waals surface area (Å²) in [5.41, 5.74) is 0.758. The summed E-state index contributed by atoms with van der Waals surface area (Å²) >= 11 is 0. The molecule has 0 spiro atoms. The lowest BCUT2D eigenvalue weighted by molar-refractivity contribution is 0.459. The summed E-state index contributed by atoms with van der Waals surface area (Å²) in [5, 5.41) is 3.21. The minimum absolute atomic E-state index is 0.163. The fourth-order valence-electron chi connectivity index (χ4n) is 1.62. The monoisotopic (exact) mass is 285 g/mol. The van der Waals surface area contributed by atoms with Gasteiger partial charge < -0.3 is 5.32 Å². The summed E-state index contributed by atoms with van der Waals surface area (Å²) in [7, 11) is -1.61. The summed E-state index contributed by atoms with van der Waals surface area (Å²) in [4.78, 5) is 4.13. The lowest BCUT2D eigenvalue weighted by atomic mass is 10.3. The molecule has 0 bridgehead atoms. The van der Waals surface area contributed by atoms with Gasteiger partial charge in [0, 0.05) is 19.3 Å². The third-order valence-electron chi connectivity index (χ3n) is 2.72. The minimum Gasteiger partial charge on any atom is -0.314 e. The molecule has 1 N–H and O–H groups in total. The summed E-state index contributed by atoms with van der Waals surface area (Å²) in [6.07, 6.45) is 2.29. The lowest BCUT2D eigenvalue weighted by Gasteiger charge is -2.17. The molecule has 0 amide bonds. The highest BCUT2D eigenvalue weighted by molar-refractivity contribution is 7.89. The Balaban J connectivity index is 2.43. The maximum atomic E-state index is 12.0. The first kappa shape index (κ1) is 16.1. The molecular formula is C13H23N3O2S. The fourth-order valence-corrected chi connectivity index (χ4v) is 2.77. The molecule has 0 atom stereocenters. The molecule has 0 unspecified atom stereocenters. The van der Waals surface area contributed by atoms with Crippen LogP contribution in [-0.2, 0) is 16.6 Å². The van der Waals surface area contributed by atoms with Gasteiger partial charge in [-0.2, -0.15) is 4.31 Å². The minimum atomic E-state index is -3.20. The van der Waals surface area contributed by atoms with Gasteiger partial charge >= 0.3 is 0 Å². The van der Waals surface area contributed by atoms with E-state index in [9.17, 15) is 8.42 Å². The molecule has 5 nitrogen and oxygen atoms in total. The topological polar surface area (TPSA) is 62.3 Å². The van der Waals surface area contributed by atoms with Gasteiger partial charge in [-0.05, 0) is 25.1 Å². The van der Waals surface area contributed by atoms with E-state index in [0.717, 1.165) is 5.69 Å². The second-order valence-corrected chi connectivity index (χ2v) is 7.05. The van der Waals surface area contributed by atoms with Crippen LogP contribution in [0, 0.1) is 0 Å². The van der Waals surface area contributed by atoms with Crippen LogP contribution in [-0.4, -0.2) is 43.1 Å². The number of aromatic nitrogens is 1. The van der Waals surface area contributed by atoms with Crippen LogP contribution >= 0.6 is 0 Å². The molecule has 0 aliphatic rings. The smallest absolute Gasteiger partial charge is 0.214 e. The van der Waals surface area contributed by atoms with Crippen molar-refractivity contribution in [3.05, 3.63) is 30.1 Å². The molecule has 1 aromatic heterocycles. The third-order valence-corrected chi connectivity index (χ3v) is 4.60. The van der Waals surface area contributed by atoms with E-state index >= 15 is 0 Å². The number of pyridine rings is 1. The average molecular weight is 285 g/mol.